The Kier molecular flexibility index (Phi) is 5.54. The second-order valence-corrected chi connectivity index (χ2v) is 7.64. The van der Waals surface area contributed by atoms with E-state index < -0.39 is 0 Å². The van der Waals surface area contributed by atoms with E-state index in [1.165, 1.54) is 32.9 Å². The molecule has 0 unspecified atom stereocenters. The minimum Gasteiger partial charge on any atom is -0.341 e. The Bertz CT molecular complexity index is 1170. The smallest absolute Gasteiger partial charge is 0.175 e. The van der Waals surface area contributed by atoms with Gasteiger partial charge in [0.15, 0.2) is 5.11 Å². The predicted octanol–water partition coefficient (Wildman–Crippen LogP) is 6.75. The zero-order valence-electron chi connectivity index (χ0n) is 17.3. The van der Waals surface area contributed by atoms with Crippen molar-refractivity contribution in [3.63, 3.8) is 0 Å². The molecule has 0 bridgehead atoms. The summed E-state index contributed by atoms with van der Waals surface area (Å²) in [5.74, 6) is 0. The van der Waals surface area contributed by atoms with Crippen molar-refractivity contribution >= 4 is 50.5 Å². The Labute approximate surface area is 177 Å². The molecule has 4 aromatic rings. The van der Waals surface area contributed by atoms with Crippen LogP contribution in [0.25, 0.3) is 21.8 Å². The van der Waals surface area contributed by atoms with Crippen LogP contribution >= 0.6 is 12.2 Å². The first-order chi connectivity index (χ1) is 14.2. The first-order valence-corrected chi connectivity index (χ1v) is 10.8. The van der Waals surface area contributed by atoms with Gasteiger partial charge in [-0.1, -0.05) is 50.2 Å². The van der Waals surface area contributed by atoms with Crippen LogP contribution in [-0.4, -0.2) is 9.68 Å². The van der Waals surface area contributed by atoms with Crippen LogP contribution in [0, 0.1) is 0 Å². The minimum absolute atomic E-state index is 0.624. The van der Waals surface area contributed by atoms with E-state index >= 15 is 0 Å². The van der Waals surface area contributed by atoms with Crippen LogP contribution in [0.15, 0.2) is 60.7 Å². The molecule has 2 N–H and O–H groups in total. The molecular formula is C25H27N3S. The molecule has 0 amide bonds. The summed E-state index contributed by atoms with van der Waals surface area (Å²) in [6.45, 7) is 7.49. The van der Waals surface area contributed by atoms with Gasteiger partial charge in [0.2, 0.25) is 0 Å². The molecule has 3 aromatic carbocycles. The third kappa shape index (κ3) is 3.60. The van der Waals surface area contributed by atoms with Crippen molar-refractivity contribution in [1.29, 1.82) is 0 Å². The fourth-order valence-corrected chi connectivity index (χ4v) is 4.37. The molecule has 148 valence electrons. The number of thiocarbonyl (C=S) groups is 1. The fourth-order valence-electron chi connectivity index (χ4n) is 4.15. The van der Waals surface area contributed by atoms with Crippen molar-refractivity contribution in [2.45, 2.75) is 40.2 Å². The van der Waals surface area contributed by atoms with Gasteiger partial charge >= 0.3 is 0 Å². The maximum Gasteiger partial charge on any atom is 0.175 e. The van der Waals surface area contributed by atoms with Gasteiger partial charge in [-0.15, -0.1) is 0 Å². The molecule has 0 atom stereocenters. The molecule has 1 aromatic heterocycles. The molecule has 0 radical (unpaired) electrons. The van der Waals surface area contributed by atoms with Crippen molar-refractivity contribution < 1.29 is 0 Å². The van der Waals surface area contributed by atoms with Gasteiger partial charge in [0.1, 0.15) is 0 Å². The first kappa shape index (κ1) is 19.5. The maximum atomic E-state index is 5.65. The van der Waals surface area contributed by atoms with Crippen LogP contribution in [0.4, 0.5) is 11.4 Å². The summed E-state index contributed by atoms with van der Waals surface area (Å²) in [5, 5.41) is 9.98. The normalized spacial score (nSPS) is 11.1. The van der Waals surface area contributed by atoms with Gasteiger partial charge in [0.25, 0.3) is 0 Å². The van der Waals surface area contributed by atoms with E-state index in [2.05, 4.69) is 96.6 Å². The summed E-state index contributed by atoms with van der Waals surface area (Å²) in [5.41, 5.74) is 7.24. The number of fused-ring (bicyclic) bond motifs is 3. The van der Waals surface area contributed by atoms with Crippen molar-refractivity contribution in [1.82, 2.24) is 4.57 Å². The zero-order valence-corrected chi connectivity index (χ0v) is 18.1. The van der Waals surface area contributed by atoms with E-state index in [9.17, 15) is 0 Å². The second kappa shape index (κ2) is 8.26. The summed E-state index contributed by atoms with van der Waals surface area (Å²) >= 11 is 5.65. The van der Waals surface area contributed by atoms with E-state index in [0.29, 0.717) is 5.11 Å². The van der Waals surface area contributed by atoms with Gasteiger partial charge in [0.05, 0.1) is 0 Å². The van der Waals surface area contributed by atoms with Crippen molar-refractivity contribution in [3.8, 4) is 0 Å². The average Bonchev–Trinajstić information content (AvgIpc) is 3.07. The number of anilines is 2. The molecular weight excluding hydrogens is 374 g/mol. The van der Waals surface area contributed by atoms with E-state index in [1.54, 1.807) is 0 Å². The number of nitrogens with one attached hydrogen (secondary N) is 2. The Morgan fingerprint density at radius 1 is 0.793 bits per heavy atom. The van der Waals surface area contributed by atoms with Gasteiger partial charge in [-0.2, -0.15) is 0 Å². The standard InChI is InChI=1S/C25H27N3S/c1-4-17-10-9-11-18(5-2)24(17)27-25(29)26-19-14-15-23-21(16-19)20-12-7-8-13-22(20)28(23)6-3/h7-16H,4-6H2,1-3H3,(H2,26,27,29). The number of nitrogens with zero attached hydrogens (tertiary/aromatic N) is 1. The molecule has 4 heteroatoms. The van der Waals surface area contributed by atoms with Crippen LogP contribution in [-0.2, 0) is 19.4 Å². The summed E-state index contributed by atoms with van der Waals surface area (Å²) in [4.78, 5) is 0. The van der Waals surface area contributed by atoms with E-state index in [0.717, 1.165) is 30.8 Å². The Balaban J connectivity index is 1.65. The number of benzene rings is 3. The third-order valence-electron chi connectivity index (χ3n) is 5.58. The highest BCUT2D eigenvalue weighted by Gasteiger charge is 2.11. The summed E-state index contributed by atoms with van der Waals surface area (Å²) in [6.07, 6.45) is 1.95. The molecule has 4 rings (SSSR count). The molecule has 0 aliphatic carbocycles. The highest BCUT2D eigenvalue weighted by atomic mass is 32.1. The number of hydrogen-bond donors (Lipinski definition) is 2. The number of para-hydroxylation sites is 2. The number of hydrogen-bond acceptors (Lipinski definition) is 1. The van der Waals surface area contributed by atoms with Crippen LogP contribution in [0.1, 0.15) is 31.9 Å². The Morgan fingerprint density at radius 2 is 1.48 bits per heavy atom. The highest BCUT2D eigenvalue weighted by Crippen LogP contribution is 2.31. The average molecular weight is 402 g/mol. The fraction of sp³-hybridized carbons (Fsp3) is 0.240. The number of aryl methyl sites for hydroxylation is 3. The molecule has 0 aliphatic rings. The van der Waals surface area contributed by atoms with Gasteiger partial charge in [-0.25, -0.2) is 0 Å². The van der Waals surface area contributed by atoms with Crippen molar-refractivity contribution in [3.05, 3.63) is 71.8 Å². The lowest BCUT2D eigenvalue weighted by molar-refractivity contribution is 0.827. The molecule has 1 heterocycles. The van der Waals surface area contributed by atoms with Gasteiger partial charge < -0.3 is 15.2 Å². The van der Waals surface area contributed by atoms with Crippen LogP contribution in [0.5, 0.6) is 0 Å². The van der Waals surface area contributed by atoms with Gasteiger partial charge in [-0.05, 0) is 67.4 Å². The summed E-state index contributed by atoms with van der Waals surface area (Å²) in [6, 6.07) is 21.5. The molecule has 0 spiro atoms. The lowest BCUT2D eigenvalue weighted by Gasteiger charge is -2.17. The summed E-state index contributed by atoms with van der Waals surface area (Å²) < 4.78 is 2.36. The first-order valence-electron chi connectivity index (χ1n) is 10.4. The molecule has 0 saturated heterocycles. The Hall–Kier alpha value is -2.85. The van der Waals surface area contributed by atoms with Crippen LogP contribution in [0.2, 0.25) is 0 Å². The van der Waals surface area contributed by atoms with Crippen molar-refractivity contribution in [2.75, 3.05) is 10.6 Å². The topological polar surface area (TPSA) is 29.0 Å². The molecule has 3 nitrogen and oxygen atoms in total. The SMILES string of the molecule is CCc1cccc(CC)c1NC(=S)Nc1ccc2c(c1)c1ccccc1n2CC. The van der Waals surface area contributed by atoms with E-state index in [1.807, 2.05) is 0 Å². The summed E-state index contributed by atoms with van der Waals surface area (Å²) in [7, 11) is 0. The molecule has 0 aliphatic heterocycles. The van der Waals surface area contributed by atoms with Gasteiger partial charge in [-0.3, -0.25) is 0 Å². The molecule has 0 fully saturated rings. The third-order valence-corrected chi connectivity index (χ3v) is 5.79. The zero-order chi connectivity index (χ0) is 20.4. The minimum atomic E-state index is 0.624. The second-order valence-electron chi connectivity index (χ2n) is 7.23. The van der Waals surface area contributed by atoms with Gasteiger partial charge in [0, 0.05) is 39.7 Å². The van der Waals surface area contributed by atoms with Crippen LogP contribution < -0.4 is 10.6 Å². The predicted molar refractivity (Wildman–Crippen MR) is 130 cm³/mol. The molecule has 0 saturated carbocycles. The lowest BCUT2D eigenvalue weighted by Crippen LogP contribution is -2.20. The molecule has 29 heavy (non-hydrogen) atoms. The van der Waals surface area contributed by atoms with Crippen molar-refractivity contribution in [2.24, 2.45) is 0 Å². The van der Waals surface area contributed by atoms with E-state index in [-0.39, 0.29) is 0 Å². The Morgan fingerprint density at radius 3 is 2.17 bits per heavy atom. The largest absolute Gasteiger partial charge is 0.341 e. The number of rotatable bonds is 5. The highest BCUT2D eigenvalue weighted by molar-refractivity contribution is 7.80. The number of aromatic nitrogens is 1. The lowest BCUT2D eigenvalue weighted by atomic mass is 10.0. The van der Waals surface area contributed by atoms with E-state index in [4.69, 9.17) is 12.2 Å². The monoisotopic (exact) mass is 401 g/mol. The van der Waals surface area contributed by atoms with Crippen LogP contribution in [0.3, 0.4) is 0 Å². The quantitative estimate of drug-likeness (QED) is 0.363. The maximum absolute atomic E-state index is 5.65.